The molecule has 6 heteroatoms. The minimum atomic E-state index is -0.999. The van der Waals surface area contributed by atoms with Crippen LogP contribution in [-0.2, 0) is 27.8 Å². The van der Waals surface area contributed by atoms with Gasteiger partial charge in [-0.05, 0) is 36.8 Å². The fourth-order valence-electron chi connectivity index (χ4n) is 5.92. The second-order valence-corrected chi connectivity index (χ2v) is 8.60. The lowest BCUT2D eigenvalue weighted by Gasteiger charge is -2.48. The fraction of sp³-hybridized carbons (Fsp3) is 0.591. The van der Waals surface area contributed by atoms with Gasteiger partial charge in [-0.25, -0.2) is 4.79 Å². The summed E-state index contributed by atoms with van der Waals surface area (Å²) in [6, 6.07) is 0. The van der Waals surface area contributed by atoms with Gasteiger partial charge in [-0.2, -0.15) is 0 Å². The number of benzene rings is 1. The second kappa shape index (κ2) is 6.33. The van der Waals surface area contributed by atoms with E-state index in [1.165, 1.54) is 0 Å². The van der Waals surface area contributed by atoms with Crippen LogP contribution in [0.5, 0.6) is 11.5 Å². The van der Waals surface area contributed by atoms with Crippen LogP contribution in [0.15, 0.2) is 5.76 Å². The number of phenols is 2. The summed E-state index contributed by atoms with van der Waals surface area (Å²) in [5, 5.41) is 42.3. The standard InChI is InChI=1S/C22H28O6/c1-3-5-7-22(8-6-4-2)15-13-10-21(22)9-12(13)14(16(23)18(15)25)17(24)19(26)20(27)28-11-21/h23-26H,3-11H2,1-2H3. The maximum atomic E-state index is 12.3. The Bertz CT molecular complexity index is 876. The molecule has 1 heterocycles. The van der Waals surface area contributed by atoms with Crippen LogP contribution in [0.2, 0.25) is 0 Å². The third-order valence-electron chi connectivity index (χ3n) is 7.24. The number of cyclic esters (lactones) is 1. The van der Waals surface area contributed by atoms with E-state index < -0.39 is 34.1 Å². The van der Waals surface area contributed by atoms with Gasteiger partial charge in [-0.1, -0.05) is 39.5 Å². The Morgan fingerprint density at radius 2 is 1.50 bits per heavy atom. The highest BCUT2D eigenvalue weighted by Gasteiger charge is 2.64. The first-order chi connectivity index (χ1) is 13.3. The molecule has 1 atom stereocenters. The lowest BCUT2D eigenvalue weighted by Crippen LogP contribution is -2.48. The van der Waals surface area contributed by atoms with Crippen LogP contribution in [-0.4, -0.2) is 33.0 Å². The van der Waals surface area contributed by atoms with Crippen LogP contribution in [0.3, 0.4) is 0 Å². The highest BCUT2D eigenvalue weighted by atomic mass is 16.5. The normalized spacial score (nSPS) is 24.3. The first kappa shape index (κ1) is 19.0. The van der Waals surface area contributed by atoms with Gasteiger partial charge in [0.1, 0.15) is 0 Å². The van der Waals surface area contributed by atoms with E-state index in [2.05, 4.69) is 13.8 Å². The maximum Gasteiger partial charge on any atom is 0.377 e. The van der Waals surface area contributed by atoms with Gasteiger partial charge < -0.3 is 25.2 Å². The minimum Gasteiger partial charge on any atom is -0.504 e. The number of ether oxygens (including phenoxy) is 1. The summed E-state index contributed by atoms with van der Waals surface area (Å²) in [4.78, 5) is 12.3. The quantitative estimate of drug-likeness (QED) is 0.431. The zero-order valence-electron chi connectivity index (χ0n) is 16.5. The predicted octanol–water partition coefficient (Wildman–Crippen LogP) is 4.16. The van der Waals surface area contributed by atoms with E-state index in [-0.39, 0.29) is 17.9 Å². The lowest BCUT2D eigenvalue weighted by atomic mass is 9.56. The molecule has 28 heavy (non-hydrogen) atoms. The molecule has 4 N–H and O–H groups in total. The molecule has 6 nitrogen and oxygen atoms in total. The van der Waals surface area contributed by atoms with Crippen molar-refractivity contribution in [3.8, 4) is 11.5 Å². The van der Waals surface area contributed by atoms with Crippen molar-refractivity contribution in [2.45, 2.75) is 70.6 Å². The molecule has 4 rings (SSSR count). The van der Waals surface area contributed by atoms with E-state index in [4.69, 9.17) is 4.74 Å². The minimum absolute atomic E-state index is 0.0333. The molecular weight excluding hydrogens is 360 g/mol. The number of aliphatic hydroxyl groups excluding tert-OH is 2. The van der Waals surface area contributed by atoms with Crippen LogP contribution in [0.1, 0.15) is 74.6 Å². The Morgan fingerprint density at radius 3 is 2.11 bits per heavy atom. The number of rotatable bonds is 6. The summed E-state index contributed by atoms with van der Waals surface area (Å²) in [6.07, 6.45) is 6.80. The van der Waals surface area contributed by atoms with Gasteiger partial charge in [0.25, 0.3) is 0 Å². The molecule has 1 aromatic rings. The third kappa shape index (κ3) is 2.17. The highest BCUT2D eigenvalue weighted by Crippen LogP contribution is 2.68. The SMILES string of the molecule is CCCCC1(CCCC)c2c(O)c(O)c3c4c2CC1(COC(=O)C(O)=C3O)C4. The fourth-order valence-corrected chi connectivity index (χ4v) is 5.92. The Kier molecular flexibility index (Phi) is 4.28. The van der Waals surface area contributed by atoms with E-state index in [1.54, 1.807) is 0 Å². The Morgan fingerprint density at radius 1 is 0.893 bits per heavy atom. The summed E-state index contributed by atoms with van der Waals surface area (Å²) in [7, 11) is 0. The number of aromatic hydroxyl groups is 2. The lowest BCUT2D eigenvalue weighted by molar-refractivity contribution is -0.147. The van der Waals surface area contributed by atoms with Gasteiger partial charge >= 0.3 is 5.97 Å². The maximum absolute atomic E-state index is 12.3. The van der Waals surface area contributed by atoms with Crippen LogP contribution < -0.4 is 0 Å². The van der Waals surface area contributed by atoms with Crippen LogP contribution in [0, 0.1) is 5.41 Å². The number of carbonyl (C=O) groups excluding carboxylic acids is 1. The number of esters is 1. The van der Waals surface area contributed by atoms with Gasteiger partial charge in [0, 0.05) is 16.4 Å². The van der Waals surface area contributed by atoms with Crippen molar-refractivity contribution in [3.63, 3.8) is 0 Å². The molecule has 3 aliphatic rings. The molecule has 0 amide bonds. The van der Waals surface area contributed by atoms with Gasteiger partial charge in [-0.15, -0.1) is 0 Å². The highest BCUT2D eigenvalue weighted by molar-refractivity contribution is 5.95. The number of unbranched alkanes of at least 4 members (excludes halogenated alkanes) is 2. The van der Waals surface area contributed by atoms with Crippen molar-refractivity contribution in [3.05, 3.63) is 28.0 Å². The summed E-state index contributed by atoms with van der Waals surface area (Å²) in [6.45, 7) is 4.36. The summed E-state index contributed by atoms with van der Waals surface area (Å²) in [5.41, 5.74) is 1.58. The number of phenolic OH excluding ortho intramolecular Hbond substituents is 2. The molecular formula is C22H28O6. The summed E-state index contributed by atoms with van der Waals surface area (Å²) in [5.74, 6) is -3.34. The van der Waals surface area contributed by atoms with Crippen LogP contribution in [0.4, 0.5) is 0 Å². The first-order valence-electron chi connectivity index (χ1n) is 10.2. The molecule has 1 spiro atoms. The van der Waals surface area contributed by atoms with E-state index in [0.29, 0.717) is 12.8 Å². The average Bonchev–Trinajstić information content (AvgIpc) is 3.19. The molecule has 1 unspecified atom stereocenters. The molecule has 3 bridgehead atoms. The average molecular weight is 388 g/mol. The van der Waals surface area contributed by atoms with Gasteiger partial charge in [0.05, 0.1) is 12.2 Å². The number of aliphatic hydroxyl groups is 2. The van der Waals surface area contributed by atoms with E-state index in [0.717, 1.165) is 55.2 Å². The molecule has 1 aromatic carbocycles. The summed E-state index contributed by atoms with van der Waals surface area (Å²) < 4.78 is 5.46. The largest absolute Gasteiger partial charge is 0.504 e. The van der Waals surface area contributed by atoms with Crippen molar-refractivity contribution in [2.24, 2.45) is 5.41 Å². The number of hydrogen-bond donors (Lipinski definition) is 4. The monoisotopic (exact) mass is 388 g/mol. The van der Waals surface area contributed by atoms with Crippen molar-refractivity contribution >= 4 is 11.7 Å². The zero-order valence-corrected chi connectivity index (χ0v) is 16.5. The smallest absolute Gasteiger partial charge is 0.377 e. The van der Waals surface area contributed by atoms with Crippen molar-refractivity contribution in [2.75, 3.05) is 6.61 Å². The van der Waals surface area contributed by atoms with E-state index in [1.807, 2.05) is 0 Å². The molecule has 0 aromatic heterocycles. The van der Waals surface area contributed by atoms with Crippen LogP contribution >= 0.6 is 0 Å². The second-order valence-electron chi connectivity index (χ2n) is 8.60. The number of hydrogen-bond acceptors (Lipinski definition) is 6. The predicted molar refractivity (Wildman–Crippen MR) is 103 cm³/mol. The zero-order chi connectivity index (χ0) is 20.3. The molecule has 1 aliphatic heterocycles. The van der Waals surface area contributed by atoms with Crippen LogP contribution in [0.25, 0.3) is 5.76 Å². The van der Waals surface area contributed by atoms with Gasteiger partial charge in [-0.3, -0.25) is 0 Å². The van der Waals surface area contributed by atoms with Gasteiger partial charge in [0.2, 0.25) is 5.76 Å². The Labute approximate surface area is 164 Å². The van der Waals surface area contributed by atoms with Crippen molar-refractivity contribution in [1.29, 1.82) is 0 Å². The third-order valence-corrected chi connectivity index (χ3v) is 7.24. The Hall–Kier alpha value is -2.37. The topological polar surface area (TPSA) is 107 Å². The van der Waals surface area contributed by atoms with Gasteiger partial charge in [0.15, 0.2) is 17.3 Å². The van der Waals surface area contributed by atoms with E-state index >= 15 is 0 Å². The molecule has 2 aliphatic carbocycles. The molecule has 152 valence electrons. The van der Waals surface area contributed by atoms with E-state index in [9.17, 15) is 25.2 Å². The Balaban J connectivity index is 2.04. The molecule has 0 radical (unpaired) electrons. The van der Waals surface area contributed by atoms with Crippen molar-refractivity contribution in [1.82, 2.24) is 0 Å². The molecule has 0 saturated carbocycles. The number of carbonyl (C=O) groups is 1. The molecule has 0 fully saturated rings. The molecule has 0 saturated heterocycles. The first-order valence-corrected chi connectivity index (χ1v) is 10.2. The van der Waals surface area contributed by atoms with Crippen molar-refractivity contribution < 1.29 is 30.0 Å². The summed E-state index contributed by atoms with van der Waals surface area (Å²) >= 11 is 0.